The summed E-state index contributed by atoms with van der Waals surface area (Å²) < 4.78 is 62.0. The van der Waals surface area contributed by atoms with E-state index in [0.29, 0.717) is 153 Å². The molecule has 0 saturated heterocycles. The van der Waals surface area contributed by atoms with Crippen molar-refractivity contribution in [1.82, 2.24) is 20.5 Å². The molecule has 2 aromatic carbocycles. The molecule has 3 atom stereocenters. The van der Waals surface area contributed by atoms with Gasteiger partial charge in [0, 0.05) is 42.7 Å². The normalized spacial score (nSPS) is 15.1. The minimum Gasteiger partial charge on any atom is -0.489 e. The van der Waals surface area contributed by atoms with Crippen LogP contribution in [0.3, 0.4) is 0 Å². The van der Waals surface area contributed by atoms with Gasteiger partial charge >= 0.3 is 12.0 Å². The lowest BCUT2D eigenvalue weighted by atomic mass is 9.85. The molecule has 0 aliphatic carbocycles. The maximum Gasteiger partial charge on any atom is 0.343 e. The Kier molecular flexibility index (Phi) is 32.2. The maximum atomic E-state index is 13.7. The Hall–Kier alpha value is -7.08. The molecule has 5 amide bonds. The lowest BCUT2D eigenvalue weighted by Gasteiger charge is -2.32. The number of carbonyl (C=O) groups is 5. The van der Waals surface area contributed by atoms with Crippen LogP contribution in [0.5, 0.6) is 5.75 Å². The summed E-state index contributed by atoms with van der Waals surface area (Å²) in [5.41, 5.74) is 15.8. The van der Waals surface area contributed by atoms with Crippen molar-refractivity contribution in [1.29, 1.82) is 0 Å². The Morgan fingerprint density at radius 2 is 1.33 bits per heavy atom. The van der Waals surface area contributed by atoms with Gasteiger partial charge in [-0.25, -0.2) is 9.59 Å². The number of benzene rings is 2. The van der Waals surface area contributed by atoms with Gasteiger partial charge < -0.3 is 88.8 Å². The van der Waals surface area contributed by atoms with Crippen molar-refractivity contribution in [3.63, 3.8) is 0 Å². The molecule has 0 unspecified atom stereocenters. The minimum atomic E-state index is -1.92. The van der Waals surface area contributed by atoms with Gasteiger partial charge in [0.05, 0.1) is 142 Å². The number of aliphatic hydroxyl groups is 1. The monoisotopic (exact) mass is 1220 g/mol. The van der Waals surface area contributed by atoms with E-state index in [1.165, 1.54) is 4.57 Å². The molecule has 0 fully saturated rings. The predicted molar refractivity (Wildman–Crippen MR) is 318 cm³/mol. The van der Waals surface area contributed by atoms with Crippen molar-refractivity contribution in [3.8, 4) is 5.75 Å². The molecule has 0 saturated carbocycles. The fourth-order valence-corrected chi connectivity index (χ4v) is 8.92. The number of amides is 5. The first-order chi connectivity index (χ1) is 42.1. The Morgan fingerprint density at radius 3 is 1.87 bits per heavy atom. The molecule has 480 valence electrons. The third-order valence-corrected chi connectivity index (χ3v) is 13.7. The second-order valence-corrected chi connectivity index (χ2v) is 20.4. The van der Waals surface area contributed by atoms with Crippen LogP contribution in [-0.2, 0) is 98.8 Å². The van der Waals surface area contributed by atoms with Crippen molar-refractivity contribution in [2.75, 3.05) is 137 Å². The smallest absolute Gasteiger partial charge is 0.343 e. The van der Waals surface area contributed by atoms with Gasteiger partial charge in [0.25, 0.3) is 5.56 Å². The summed E-state index contributed by atoms with van der Waals surface area (Å²) in [6, 6.07) is 11.5. The maximum absolute atomic E-state index is 13.7. The zero-order chi connectivity index (χ0) is 62.7. The van der Waals surface area contributed by atoms with E-state index in [2.05, 4.69) is 31.3 Å². The molecule has 5 rings (SSSR count). The molecule has 3 aromatic rings. The molecule has 1 aromatic heterocycles. The quantitative estimate of drug-likeness (QED) is 0.0155. The second kappa shape index (κ2) is 39.7. The summed E-state index contributed by atoms with van der Waals surface area (Å²) in [5, 5.41) is 25.5. The van der Waals surface area contributed by atoms with E-state index in [9.17, 15) is 33.9 Å². The van der Waals surface area contributed by atoms with Crippen LogP contribution >= 0.6 is 0 Å². The number of anilines is 1. The first-order valence-corrected chi connectivity index (χ1v) is 29.3. The van der Waals surface area contributed by atoms with Crippen molar-refractivity contribution in [2.24, 2.45) is 28.8 Å². The first kappa shape index (κ1) is 70.7. The highest BCUT2D eigenvalue weighted by molar-refractivity contribution is 6.03. The molecule has 28 nitrogen and oxygen atoms in total. The van der Waals surface area contributed by atoms with Crippen LogP contribution in [-0.4, -0.2) is 189 Å². The highest BCUT2D eigenvalue weighted by Crippen LogP contribution is 2.36. The average Bonchev–Trinajstić information content (AvgIpc) is 0.815. The van der Waals surface area contributed by atoms with Crippen LogP contribution in [0.4, 0.5) is 16.2 Å². The molecule has 87 heavy (non-hydrogen) atoms. The van der Waals surface area contributed by atoms with Gasteiger partial charge in [0.2, 0.25) is 17.7 Å². The van der Waals surface area contributed by atoms with E-state index in [4.69, 9.17) is 68.4 Å². The highest BCUT2D eigenvalue weighted by atomic mass is 16.6. The number of carbonyl (C=O) groups excluding carboxylic acids is 5. The van der Waals surface area contributed by atoms with Gasteiger partial charge in [0.1, 0.15) is 31.0 Å². The Bertz CT molecular complexity index is 2780. The van der Waals surface area contributed by atoms with E-state index >= 15 is 0 Å². The number of aromatic nitrogens is 1. The van der Waals surface area contributed by atoms with Crippen LogP contribution in [0.1, 0.15) is 80.8 Å². The number of hydrogen-bond donors (Lipinski definition) is 6. The van der Waals surface area contributed by atoms with Crippen LogP contribution in [0, 0.1) is 5.92 Å². The van der Waals surface area contributed by atoms with E-state index < -0.39 is 47.4 Å². The number of hydrogen-bond acceptors (Lipinski definition) is 20. The molecule has 28 heteroatoms. The summed E-state index contributed by atoms with van der Waals surface area (Å²) in [6.07, 6.45) is 1.60. The van der Waals surface area contributed by atoms with E-state index in [1.807, 2.05) is 12.1 Å². The molecule has 0 spiro atoms. The lowest BCUT2D eigenvalue weighted by Crippen LogP contribution is -2.54. The number of nitrogens with one attached hydrogen (secondary N) is 4. The predicted octanol–water partition coefficient (Wildman–Crippen LogP) is 3.55. The number of cyclic esters (lactones) is 1. The Balaban J connectivity index is 0.931. The van der Waals surface area contributed by atoms with Crippen LogP contribution in [0.15, 0.2) is 63.4 Å². The van der Waals surface area contributed by atoms with Gasteiger partial charge in [-0.2, -0.15) is 0 Å². The number of aliphatic imine (C=N–C) groups is 1. The standard InChI is InChI=1S/C59H86N10O18/c1-5-59(76)47-38-51(69(4)56(73)46(47)40-87-57(59)74)49-14-10-43-37-45(13-15-48(43)65-49)86-39-42-8-11-44(12-9-42)64-54(71)50(7-6-17-62-58(60)75)66-55(72)53(41(2)3)67-52(70)16-19-77-21-23-79-25-27-81-29-31-83-33-35-85-36-34-84-32-30-82-28-26-80-24-22-78-20-18-63-68-61/h8-9,11-13,15,37-38,41,50,53,76H,5-7,10,14,16-36,39-40H2,1-4H3,(H,64,71)(H,66,72)(H,67,70)(H3,60,62,75)/t50-,53-,59-/m0/s1. The third-order valence-electron chi connectivity index (χ3n) is 13.7. The summed E-state index contributed by atoms with van der Waals surface area (Å²) in [5.74, 6) is -1.97. The molecular weight excluding hydrogens is 1140 g/mol. The molecule has 0 radical (unpaired) electrons. The number of esters is 1. The van der Waals surface area contributed by atoms with Gasteiger partial charge in [0.15, 0.2) is 5.60 Å². The van der Waals surface area contributed by atoms with Gasteiger partial charge in [-0.15, -0.1) is 0 Å². The molecule has 2 aliphatic rings. The van der Waals surface area contributed by atoms with Crippen LogP contribution in [0.25, 0.3) is 10.4 Å². The number of rotatable bonds is 45. The van der Waals surface area contributed by atoms with Gasteiger partial charge in [-0.3, -0.25) is 24.2 Å². The minimum absolute atomic E-state index is 0.0155. The number of nitrogens with two attached hydrogens (primary N) is 1. The molecule has 3 heterocycles. The van der Waals surface area contributed by atoms with E-state index in [1.54, 1.807) is 64.2 Å². The lowest BCUT2D eigenvalue weighted by molar-refractivity contribution is -0.172. The second-order valence-electron chi connectivity index (χ2n) is 20.4. The van der Waals surface area contributed by atoms with Crippen molar-refractivity contribution >= 4 is 46.8 Å². The topological polar surface area (TPSA) is 364 Å². The summed E-state index contributed by atoms with van der Waals surface area (Å²) in [7, 11) is 1.63. The number of aryl methyl sites for hydroxylation is 1. The van der Waals surface area contributed by atoms with Crippen LogP contribution in [0.2, 0.25) is 0 Å². The third kappa shape index (κ3) is 24.9. The fourth-order valence-electron chi connectivity index (χ4n) is 8.92. The number of primary amides is 1. The highest BCUT2D eigenvalue weighted by Gasteiger charge is 2.45. The van der Waals surface area contributed by atoms with E-state index in [0.717, 1.165) is 11.1 Å². The number of pyridine rings is 1. The van der Waals surface area contributed by atoms with Gasteiger partial charge in [-0.05, 0) is 91.1 Å². The Labute approximate surface area is 506 Å². The van der Waals surface area contributed by atoms with Crippen molar-refractivity contribution < 1.29 is 81.2 Å². The zero-order valence-electron chi connectivity index (χ0n) is 50.4. The first-order valence-electron chi connectivity index (χ1n) is 29.3. The number of fused-ring (bicyclic) bond motifs is 2. The summed E-state index contributed by atoms with van der Waals surface area (Å²) in [6.45, 7) is 12.6. The Morgan fingerprint density at radius 1 is 0.770 bits per heavy atom. The van der Waals surface area contributed by atoms with Crippen molar-refractivity contribution in [3.05, 3.63) is 97.3 Å². The molecular formula is C59H86N10O18. The van der Waals surface area contributed by atoms with Crippen molar-refractivity contribution in [2.45, 2.75) is 90.2 Å². The number of azide groups is 1. The summed E-state index contributed by atoms with van der Waals surface area (Å²) >= 11 is 0. The zero-order valence-corrected chi connectivity index (χ0v) is 50.4. The number of nitrogens with zero attached hydrogens (tertiary/aromatic N) is 5. The largest absolute Gasteiger partial charge is 0.489 e. The summed E-state index contributed by atoms with van der Waals surface area (Å²) in [4.78, 5) is 85.2. The van der Waals surface area contributed by atoms with E-state index in [-0.39, 0.29) is 81.4 Å². The SMILES string of the molecule is CC[C@@]1(O)C(=O)OCc2c1cc(C1=Nc3ccc(OCc4ccc(NC(=O)[C@H](CCCNC(N)=O)NC(=O)[C@@H](NC(=O)CCOCCOCCOCCOCCOCCOCCOCCOCCOCCN=[N+]=[N-])C(C)C)cc4)cc3CC1)n(C)c2=O. The molecule has 0 bridgehead atoms. The van der Waals surface area contributed by atoms with Gasteiger partial charge in [-0.1, -0.05) is 38.0 Å². The van der Waals surface area contributed by atoms with Crippen LogP contribution < -0.4 is 37.3 Å². The molecule has 7 N–H and O–H groups in total. The fraction of sp³-hybridized carbons (Fsp3) is 0.610. The number of urea groups is 1. The average molecular weight is 1220 g/mol. The number of ether oxygens (including phenoxy) is 11. The molecule has 2 aliphatic heterocycles.